The fourth-order valence-electron chi connectivity index (χ4n) is 2.30. The number of aliphatic carboxylic acids is 1. The SMILES string of the molecule is Nc1ccccc1-c1nnc(-c2ccc(NC(=O)CCC(=O)O)cc2)nn1. The minimum atomic E-state index is -1.02. The van der Waals surface area contributed by atoms with Crippen LogP contribution in [-0.2, 0) is 9.59 Å². The highest BCUT2D eigenvalue weighted by Crippen LogP contribution is 2.22. The molecule has 9 heteroatoms. The van der Waals surface area contributed by atoms with Crippen LogP contribution in [0.25, 0.3) is 22.8 Å². The molecule has 2 aromatic carbocycles. The van der Waals surface area contributed by atoms with Crippen LogP contribution < -0.4 is 11.1 Å². The van der Waals surface area contributed by atoms with E-state index in [4.69, 9.17) is 10.8 Å². The lowest BCUT2D eigenvalue weighted by Gasteiger charge is -2.06. The molecule has 9 nitrogen and oxygen atoms in total. The van der Waals surface area contributed by atoms with E-state index < -0.39 is 5.97 Å². The Hall–Kier alpha value is -3.88. The zero-order valence-electron chi connectivity index (χ0n) is 14.2. The number of hydrogen-bond acceptors (Lipinski definition) is 7. The number of nitrogens with two attached hydrogens (primary N) is 1. The normalized spacial score (nSPS) is 10.4. The number of carbonyl (C=O) groups excluding carboxylic acids is 1. The summed E-state index contributed by atoms with van der Waals surface area (Å²) in [5.41, 5.74) is 8.31. The number of nitrogen functional groups attached to an aromatic ring is 1. The molecular weight excluding hydrogens is 348 g/mol. The smallest absolute Gasteiger partial charge is 0.303 e. The number of hydrogen-bond donors (Lipinski definition) is 3. The van der Waals surface area contributed by atoms with E-state index in [0.717, 1.165) is 0 Å². The Morgan fingerprint density at radius 2 is 1.52 bits per heavy atom. The van der Waals surface area contributed by atoms with Crippen molar-refractivity contribution in [1.82, 2.24) is 20.4 Å². The van der Waals surface area contributed by atoms with Gasteiger partial charge in [-0.3, -0.25) is 9.59 Å². The lowest BCUT2D eigenvalue weighted by molar-refractivity contribution is -0.138. The van der Waals surface area contributed by atoms with Crippen LogP contribution in [0.5, 0.6) is 0 Å². The van der Waals surface area contributed by atoms with E-state index in [9.17, 15) is 9.59 Å². The first-order chi connectivity index (χ1) is 13.0. The number of aromatic nitrogens is 4. The third-order valence-electron chi connectivity index (χ3n) is 3.67. The number of nitrogens with one attached hydrogen (secondary N) is 1. The molecule has 1 aromatic heterocycles. The van der Waals surface area contributed by atoms with Gasteiger partial charge in [0.25, 0.3) is 0 Å². The monoisotopic (exact) mass is 364 g/mol. The van der Waals surface area contributed by atoms with Crippen LogP contribution in [0.1, 0.15) is 12.8 Å². The molecule has 0 aliphatic heterocycles. The van der Waals surface area contributed by atoms with Crippen molar-refractivity contribution < 1.29 is 14.7 Å². The van der Waals surface area contributed by atoms with Crippen molar-refractivity contribution >= 4 is 23.3 Å². The summed E-state index contributed by atoms with van der Waals surface area (Å²) in [7, 11) is 0. The third kappa shape index (κ3) is 4.60. The molecule has 4 N–H and O–H groups in total. The molecule has 1 heterocycles. The maximum atomic E-state index is 11.6. The lowest BCUT2D eigenvalue weighted by Crippen LogP contribution is -2.13. The summed E-state index contributed by atoms with van der Waals surface area (Å²) < 4.78 is 0. The highest BCUT2D eigenvalue weighted by atomic mass is 16.4. The Balaban J connectivity index is 1.69. The Kier molecular flexibility index (Phi) is 5.31. The van der Waals surface area contributed by atoms with E-state index in [1.165, 1.54) is 0 Å². The summed E-state index contributed by atoms with van der Waals surface area (Å²) in [6.45, 7) is 0. The summed E-state index contributed by atoms with van der Waals surface area (Å²) in [6.07, 6.45) is -0.300. The Labute approximate surface area is 154 Å². The molecule has 3 aromatic rings. The van der Waals surface area contributed by atoms with Gasteiger partial charge >= 0.3 is 5.97 Å². The van der Waals surface area contributed by atoms with Crippen LogP contribution in [0.2, 0.25) is 0 Å². The van der Waals surface area contributed by atoms with E-state index in [1.54, 1.807) is 36.4 Å². The van der Waals surface area contributed by atoms with Gasteiger partial charge in [0.1, 0.15) is 0 Å². The summed E-state index contributed by atoms with van der Waals surface area (Å²) in [6, 6.07) is 13.9. The van der Waals surface area contributed by atoms with E-state index >= 15 is 0 Å². The minimum Gasteiger partial charge on any atom is -0.481 e. The molecule has 0 spiro atoms. The number of carbonyl (C=O) groups is 2. The van der Waals surface area contributed by atoms with Gasteiger partial charge in [0.2, 0.25) is 17.6 Å². The van der Waals surface area contributed by atoms with Crippen LogP contribution in [0, 0.1) is 0 Å². The van der Waals surface area contributed by atoms with Crippen LogP contribution in [-0.4, -0.2) is 37.4 Å². The maximum Gasteiger partial charge on any atom is 0.303 e. The summed E-state index contributed by atoms with van der Waals surface area (Å²) >= 11 is 0. The number of benzene rings is 2. The number of carboxylic acid groups (broad SMARTS) is 1. The van der Waals surface area contributed by atoms with Gasteiger partial charge in [0.15, 0.2) is 0 Å². The maximum absolute atomic E-state index is 11.6. The molecule has 0 aliphatic carbocycles. The van der Waals surface area contributed by atoms with E-state index in [-0.39, 0.29) is 18.7 Å². The van der Waals surface area contributed by atoms with Gasteiger partial charge in [0, 0.05) is 28.9 Å². The van der Waals surface area contributed by atoms with Crippen molar-refractivity contribution in [2.45, 2.75) is 12.8 Å². The second kappa shape index (κ2) is 8.00. The summed E-state index contributed by atoms with van der Waals surface area (Å²) in [4.78, 5) is 22.1. The first-order valence-electron chi connectivity index (χ1n) is 8.07. The van der Waals surface area contributed by atoms with Crippen molar-refractivity contribution in [2.24, 2.45) is 0 Å². The first kappa shape index (κ1) is 17.9. The average molecular weight is 364 g/mol. The number of nitrogens with zero attached hydrogens (tertiary/aromatic N) is 4. The topological polar surface area (TPSA) is 144 Å². The third-order valence-corrected chi connectivity index (χ3v) is 3.67. The minimum absolute atomic E-state index is 0.0852. The van der Waals surface area contributed by atoms with E-state index in [1.807, 2.05) is 12.1 Å². The number of amides is 1. The summed E-state index contributed by atoms with van der Waals surface area (Å²) in [5.74, 6) is -0.718. The van der Waals surface area contributed by atoms with Crippen molar-refractivity contribution in [3.05, 3.63) is 48.5 Å². The summed E-state index contributed by atoms with van der Waals surface area (Å²) in [5, 5.41) is 27.5. The van der Waals surface area contributed by atoms with Gasteiger partial charge in [-0.2, -0.15) is 0 Å². The van der Waals surface area contributed by atoms with E-state index in [0.29, 0.717) is 34.2 Å². The molecule has 0 saturated heterocycles. The lowest BCUT2D eigenvalue weighted by atomic mass is 10.2. The fourth-order valence-corrected chi connectivity index (χ4v) is 2.30. The molecule has 0 fully saturated rings. The molecule has 0 saturated carbocycles. The van der Waals surface area contributed by atoms with Crippen LogP contribution in [0.3, 0.4) is 0 Å². The quantitative estimate of drug-likeness (QED) is 0.563. The molecule has 0 unspecified atom stereocenters. The number of rotatable bonds is 6. The molecule has 0 radical (unpaired) electrons. The van der Waals surface area contributed by atoms with Crippen LogP contribution in [0.15, 0.2) is 48.5 Å². The molecule has 27 heavy (non-hydrogen) atoms. The Morgan fingerprint density at radius 1 is 0.889 bits per heavy atom. The second-order valence-corrected chi connectivity index (χ2v) is 5.65. The first-order valence-corrected chi connectivity index (χ1v) is 8.07. The zero-order chi connectivity index (χ0) is 19.2. The van der Waals surface area contributed by atoms with Gasteiger partial charge in [-0.1, -0.05) is 12.1 Å². The molecule has 0 aliphatic rings. The molecule has 136 valence electrons. The van der Waals surface area contributed by atoms with Crippen LogP contribution >= 0.6 is 0 Å². The van der Waals surface area contributed by atoms with Gasteiger partial charge in [-0.25, -0.2) is 0 Å². The fraction of sp³-hybridized carbons (Fsp3) is 0.111. The average Bonchev–Trinajstić information content (AvgIpc) is 2.68. The molecule has 1 amide bonds. The van der Waals surface area contributed by atoms with Crippen molar-refractivity contribution in [2.75, 3.05) is 11.1 Å². The van der Waals surface area contributed by atoms with Gasteiger partial charge in [0.05, 0.1) is 6.42 Å². The van der Waals surface area contributed by atoms with Crippen molar-refractivity contribution in [1.29, 1.82) is 0 Å². The largest absolute Gasteiger partial charge is 0.481 e. The van der Waals surface area contributed by atoms with Crippen molar-refractivity contribution in [3.63, 3.8) is 0 Å². The van der Waals surface area contributed by atoms with E-state index in [2.05, 4.69) is 25.7 Å². The molecule has 0 atom stereocenters. The molecule has 3 rings (SSSR count). The predicted octanol–water partition coefficient (Wildman–Crippen LogP) is 1.99. The van der Waals surface area contributed by atoms with Gasteiger partial charge in [-0.15, -0.1) is 20.4 Å². The van der Waals surface area contributed by atoms with Crippen molar-refractivity contribution in [3.8, 4) is 22.8 Å². The second-order valence-electron chi connectivity index (χ2n) is 5.65. The Bertz CT molecular complexity index is 958. The van der Waals surface area contributed by atoms with Gasteiger partial charge in [-0.05, 0) is 36.4 Å². The number of para-hydroxylation sites is 1. The molecule has 0 bridgehead atoms. The standard InChI is InChI=1S/C18H16N6O3/c19-14-4-2-1-3-13(14)18-23-21-17(22-24-18)11-5-7-12(8-6-11)20-15(25)9-10-16(26)27/h1-8H,9-10,19H2,(H,20,25)(H,26,27). The molecular formula is C18H16N6O3. The number of carboxylic acids is 1. The Morgan fingerprint density at radius 3 is 2.15 bits per heavy atom. The highest BCUT2D eigenvalue weighted by Gasteiger charge is 2.10. The predicted molar refractivity (Wildman–Crippen MR) is 98.4 cm³/mol. The van der Waals surface area contributed by atoms with Crippen LogP contribution in [0.4, 0.5) is 11.4 Å². The number of anilines is 2. The van der Waals surface area contributed by atoms with Gasteiger partial charge < -0.3 is 16.2 Å². The highest BCUT2D eigenvalue weighted by molar-refractivity contribution is 5.92. The zero-order valence-corrected chi connectivity index (χ0v) is 14.2.